The second kappa shape index (κ2) is 7.32. The molecule has 2 aromatic rings. The number of fused-ring (bicyclic) bond motifs is 1. The molecule has 140 valence electrons. The predicted octanol–water partition coefficient (Wildman–Crippen LogP) is 1.98. The molecule has 2 fully saturated rings. The molecule has 0 N–H and O–H groups in total. The van der Waals surface area contributed by atoms with Crippen LogP contribution in [0.5, 0.6) is 0 Å². The SMILES string of the molecule is Cc1nc2cc(F)ccc2n1C1CCN(CC(=O)N2CCOCC2)CC1. The Hall–Kier alpha value is -1.99. The lowest BCUT2D eigenvalue weighted by molar-refractivity contribution is -0.136. The first-order valence-corrected chi connectivity index (χ1v) is 9.34. The van der Waals surface area contributed by atoms with Gasteiger partial charge in [-0.15, -0.1) is 0 Å². The van der Waals surface area contributed by atoms with Gasteiger partial charge in [-0.2, -0.15) is 0 Å². The van der Waals surface area contributed by atoms with Crippen molar-refractivity contribution in [2.24, 2.45) is 0 Å². The average Bonchev–Trinajstić information content (AvgIpc) is 2.98. The van der Waals surface area contributed by atoms with E-state index in [0.29, 0.717) is 44.4 Å². The van der Waals surface area contributed by atoms with Crippen LogP contribution in [0.4, 0.5) is 4.39 Å². The van der Waals surface area contributed by atoms with E-state index < -0.39 is 0 Å². The summed E-state index contributed by atoms with van der Waals surface area (Å²) >= 11 is 0. The minimum Gasteiger partial charge on any atom is -0.378 e. The molecule has 0 saturated carbocycles. The summed E-state index contributed by atoms with van der Waals surface area (Å²) in [6, 6.07) is 5.16. The van der Waals surface area contributed by atoms with Gasteiger partial charge in [0.2, 0.25) is 5.91 Å². The number of amides is 1. The molecule has 2 aliphatic rings. The Labute approximate surface area is 152 Å². The van der Waals surface area contributed by atoms with Gasteiger partial charge in [0, 0.05) is 38.3 Å². The molecule has 7 heteroatoms. The maximum atomic E-state index is 13.4. The number of nitrogens with zero attached hydrogens (tertiary/aromatic N) is 4. The number of ether oxygens (including phenoxy) is 1. The van der Waals surface area contributed by atoms with Crippen molar-refractivity contribution in [2.75, 3.05) is 45.9 Å². The minimum absolute atomic E-state index is 0.200. The second-order valence-electron chi connectivity index (χ2n) is 7.16. The zero-order valence-corrected chi connectivity index (χ0v) is 15.2. The highest BCUT2D eigenvalue weighted by atomic mass is 19.1. The number of hydrogen-bond acceptors (Lipinski definition) is 4. The maximum absolute atomic E-state index is 13.4. The van der Waals surface area contributed by atoms with Crippen LogP contribution < -0.4 is 0 Å². The average molecular weight is 360 g/mol. The van der Waals surface area contributed by atoms with Crippen molar-refractivity contribution in [3.8, 4) is 0 Å². The van der Waals surface area contributed by atoms with E-state index in [1.165, 1.54) is 12.1 Å². The maximum Gasteiger partial charge on any atom is 0.236 e. The Morgan fingerprint density at radius 2 is 1.96 bits per heavy atom. The smallest absolute Gasteiger partial charge is 0.236 e. The number of carbonyl (C=O) groups excluding carboxylic acids is 1. The van der Waals surface area contributed by atoms with E-state index in [1.54, 1.807) is 0 Å². The van der Waals surface area contributed by atoms with Gasteiger partial charge >= 0.3 is 0 Å². The number of aryl methyl sites for hydroxylation is 1. The van der Waals surface area contributed by atoms with E-state index in [1.807, 2.05) is 17.9 Å². The molecule has 2 saturated heterocycles. The number of halogens is 1. The molecule has 1 amide bonds. The van der Waals surface area contributed by atoms with Crippen LogP contribution in [0.25, 0.3) is 11.0 Å². The molecule has 0 atom stereocenters. The fourth-order valence-corrected chi connectivity index (χ4v) is 4.09. The van der Waals surface area contributed by atoms with Crippen molar-refractivity contribution in [2.45, 2.75) is 25.8 Å². The van der Waals surface area contributed by atoms with Gasteiger partial charge in [0.25, 0.3) is 0 Å². The number of piperidine rings is 1. The number of aromatic nitrogens is 2. The fraction of sp³-hybridized carbons (Fsp3) is 0.579. The number of morpholine rings is 1. The van der Waals surface area contributed by atoms with Crippen molar-refractivity contribution in [3.05, 3.63) is 29.8 Å². The normalized spacial score (nSPS) is 20.0. The summed E-state index contributed by atoms with van der Waals surface area (Å²) in [5, 5.41) is 0. The number of carbonyl (C=O) groups is 1. The van der Waals surface area contributed by atoms with Gasteiger partial charge in [-0.25, -0.2) is 9.37 Å². The third-order valence-corrected chi connectivity index (χ3v) is 5.47. The Balaban J connectivity index is 1.39. The van der Waals surface area contributed by atoms with Gasteiger partial charge < -0.3 is 14.2 Å². The van der Waals surface area contributed by atoms with Crippen molar-refractivity contribution < 1.29 is 13.9 Å². The lowest BCUT2D eigenvalue weighted by atomic mass is 10.0. The zero-order chi connectivity index (χ0) is 18.1. The number of hydrogen-bond donors (Lipinski definition) is 0. The molecule has 2 aliphatic heterocycles. The van der Waals surface area contributed by atoms with Crippen LogP contribution in [0, 0.1) is 12.7 Å². The van der Waals surface area contributed by atoms with E-state index in [2.05, 4.69) is 14.5 Å². The van der Waals surface area contributed by atoms with Crippen molar-refractivity contribution >= 4 is 16.9 Å². The molecule has 0 spiro atoms. The number of imidazole rings is 1. The number of benzene rings is 1. The molecule has 26 heavy (non-hydrogen) atoms. The standard InChI is InChI=1S/C19H25FN4O2/c1-14-21-17-12-15(20)2-3-18(17)24(14)16-4-6-22(7-5-16)13-19(25)23-8-10-26-11-9-23/h2-3,12,16H,4-11,13H2,1H3. The van der Waals surface area contributed by atoms with Crippen LogP contribution in [0.2, 0.25) is 0 Å². The van der Waals surface area contributed by atoms with Crippen LogP contribution in [0.15, 0.2) is 18.2 Å². The van der Waals surface area contributed by atoms with E-state index in [9.17, 15) is 9.18 Å². The lowest BCUT2D eigenvalue weighted by Crippen LogP contribution is -2.47. The minimum atomic E-state index is -0.251. The molecule has 0 bridgehead atoms. The summed E-state index contributed by atoms with van der Waals surface area (Å²) in [4.78, 5) is 21.1. The molecule has 0 aliphatic carbocycles. The lowest BCUT2D eigenvalue weighted by Gasteiger charge is -2.35. The Morgan fingerprint density at radius 1 is 1.23 bits per heavy atom. The quantitative estimate of drug-likeness (QED) is 0.840. The highest BCUT2D eigenvalue weighted by Gasteiger charge is 2.26. The molecule has 0 unspecified atom stereocenters. The van der Waals surface area contributed by atoms with Crippen LogP contribution >= 0.6 is 0 Å². The third kappa shape index (κ3) is 3.46. The summed E-state index contributed by atoms with van der Waals surface area (Å²) in [5.41, 5.74) is 1.71. The van der Waals surface area contributed by atoms with Gasteiger partial charge in [-0.1, -0.05) is 0 Å². The number of rotatable bonds is 3. The van der Waals surface area contributed by atoms with Crippen LogP contribution in [-0.4, -0.2) is 71.2 Å². The highest BCUT2D eigenvalue weighted by Crippen LogP contribution is 2.29. The third-order valence-electron chi connectivity index (χ3n) is 5.47. The first kappa shape index (κ1) is 17.4. The van der Waals surface area contributed by atoms with E-state index in [4.69, 9.17) is 4.74 Å². The summed E-state index contributed by atoms with van der Waals surface area (Å²) < 4.78 is 21.0. The summed E-state index contributed by atoms with van der Waals surface area (Å²) in [6.07, 6.45) is 1.94. The van der Waals surface area contributed by atoms with E-state index >= 15 is 0 Å². The van der Waals surface area contributed by atoms with Crippen molar-refractivity contribution in [1.82, 2.24) is 19.4 Å². The zero-order valence-electron chi connectivity index (χ0n) is 15.2. The van der Waals surface area contributed by atoms with Crippen LogP contribution in [-0.2, 0) is 9.53 Å². The molecular weight excluding hydrogens is 335 g/mol. The van der Waals surface area contributed by atoms with Gasteiger partial charge in [-0.3, -0.25) is 9.69 Å². The predicted molar refractivity (Wildman–Crippen MR) is 96.5 cm³/mol. The molecular formula is C19H25FN4O2. The fourth-order valence-electron chi connectivity index (χ4n) is 4.09. The molecule has 3 heterocycles. The van der Waals surface area contributed by atoms with E-state index in [-0.39, 0.29) is 11.7 Å². The summed E-state index contributed by atoms with van der Waals surface area (Å²) in [6.45, 7) is 6.93. The first-order valence-electron chi connectivity index (χ1n) is 9.34. The van der Waals surface area contributed by atoms with Crippen molar-refractivity contribution in [1.29, 1.82) is 0 Å². The van der Waals surface area contributed by atoms with Crippen LogP contribution in [0.3, 0.4) is 0 Å². The first-order chi connectivity index (χ1) is 12.6. The Kier molecular flexibility index (Phi) is 4.91. The Bertz CT molecular complexity index is 792. The largest absolute Gasteiger partial charge is 0.378 e. The number of likely N-dealkylation sites (tertiary alicyclic amines) is 1. The summed E-state index contributed by atoms with van der Waals surface area (Å²) in [5.74, 6) is 0.874. The Morgan fingerprint density at radius 3 is 2.69 bits per heavy atom. The van der Waals surface area contributed by atoms with Gasteiger partial charge in [0.15, 0.2) is 0 Å². The summed E-state index contributed by atoms with van der Waals surface area (Å²) in [7, 11) is 0. The van der Waals surface area contributed by atoms with Gasteiger partial charge in [-0.05, 0) is 31.9 Å². The van der Waals surface area contributed by atoms with Gasteiger partial charge in [0.05, 0.1) is 30.8 Å². The molecule has 6 nitrogen and oxygen atoms in total. The van der Waals surface area contributed by atoms with Crippen molar-refractivity contribution in [3.63, 3.8) is 0 Å². The van der Waals surface area contributed by atoms with E-state index in [0.717, 1.165) is 37.3 Å². The molecule has 4 rings (SSSR count). The highest BCUT2D eigenvalue weighted by molar-refractivity contribution is 5.78. The molecule has 1 aromatic carbocycles. The van der Waals surface area contributed by atoms with Crippen LogP contribution in [0.1, 0.15) is 24.7 Å². The monoisotopic (exact) mass is 360 g/mol. The topological polar surface area (TPSA) is 50.6 Å². The van der Waals surface area contributed by atoms with Gasteiger partial charge in [0.1, 0.15) is 11.6 Å². The molecule has 1 aromatic heterocycles. The molecule has 0 radical (unpaired) electrons. The second-order valence-corrected chi connectivity index (χ2v) is 7.16.